The molecule has 1 fully saturated rings. The van der Waals surface area contributed by atoms with Crippen molar-refractivity contribution in [3.05, 3.63) is 35.7 Å². The number of halogens is 1. The lowest BCUT2D eigenvalue weighted by Crippen LogP contribution is -2.47. The third-order valence-electron chi connectivity index (χ3n) is 5.04. The van der Waals surface area contributed by atoms with Gasteiger partial charge in [0, 0.05) is 50.4 Å². The molecule has 2 heterocycles. The van der Waals surface area contributed by atoms with Gasteiger partial charge in [0.05, 0.1) is 11.8 Å². The molecule has 0 bridgehead atoms. The topological polar surface area (TPSA) is 53.1 Å². The highest BCUT2D eigenvalue weighted by Gasteiger charge is 2.28. The van der Waals surface area contributed by atoms with Crippen LogP contribution in [-0.2, 0) is 9.59 Å². The summed E-state index contributed by atoms with van der Waals surface area (Å²) in [5.74, 6) is 0.0471. The van der Waals surface area contributed by atoms with E-state index >= 15 is 0 Å². The molecule has 1 aromatic carbocycles. The van der Waals surface area contributed by atoms with Crippen LogP contribution in [0.25, 0.3) is 0 Å². The van der Waals surface area contributed by atoms with Crippen LogP contribution in [-0.4, -0.2) is 67.0 Å². The fourth-order valence-corrected chi connectivity index (χ4v) is 3.61. The Bertz CT molecular complexity index is 770. The Morgan fingerprint density at radius 2 is 1.82 bits per heavy atom. The standard InChI is InChI=1S/C21H28FN3O3/c1-15(2)28-19-6-5-17(22)14-18(19)24-11-9-23(10-12-24)7-4-8-25-20(26)13-16(3)21(25)27/h5-6,13-15H,4,7-12H2,1-3H3. The van der Waals surface area contributed by atoms with E-state index in [-0.39, 0.29) is 23.7 Å². The minimum absolute atomic E-state index is 0.0274. The molecule has 2 amide bonds. The van der Waals surface area contributed by atoms with Crippen LogP contribution in [0.3, 0.4) is 0 Å². The van der Waals surface area contributed by atoms with Gasteiger partial charge >= 0.3 is 0 Å². The van der Waals surface area contributed by atoms with E-state index in [4.69, 9.17) is 4.74 Å². The first-order valence-electron chi connectivity index (χ1n) is 9.83. The molecule has 2 aliphatic rings. The van der Waals surface area contributed by atoms with E-state index < -0.39 is 0 Å². The smallest absolute Gasteiger partial charge is 0.256 e. The summed E-state index contributed by atoms with van der Waals surface area (Å²) in [6.45, 7) is 10.1. The number of hydrogen-bond donors (Lipinski definition) is 0. The second-order valence-corrected chi connectivity index (χ2v) is 7.58. The van der Waals surface area contributed by atoms with Crippen molar-refractivity contribution in [2.45, 2.75) is 33.3 Å². The summed E-state index contributed by atoms with van der Waals surface area (Å²) in [4.78, 5) is 29.5. The molecule has 6 nitrogen and oxygen atoms in total. The first-order valence-corrected chi connectivity index (χ1v) is 9.83. The molecule has 2 aliphatic heterocycles. The van der Waals surface area contributed by atoms with Crippen LogP contribution in [0.2, 0.25) is 0 Å². The number of imide groups is 1. The van der Waals surface area contributed by atoms with E-state index in [0.717, 1.165) is 44.8 Å². The zero-order chi connectivity index (χ0) is 20.3. The van der Waals surface area contributed by atoms with Gasteiger partial charge in [0.1, 0.15) is 11.6 Å². The highest BCUT2D eigenvalue weighted by molar-refractivity contribution is 6.15. The molecule has 0 N–H and O–H groups in total. The van der Waals surface area contributed by atoms with Gasteiger partial charge in [-0.15, -0.1) is 0 Å². The van der Waals surface area contributed by atoms with Crippen LogP contribution in [0, 0.1) is 5.82 Å². The summed E-state index contributed by atoms with van der Waals surface area (Å²) in [6, 6.07) is 4.65. The number of ether oxygens (including phenoxy) is 1. The largest absolute Gasteiger partial charge is 0.489 e. The van der Waals surface area contributed by atoms with Gasteiger partial charge in [0.15, 0.2) is 0 Å². The Hall–Kier alpha value is -2.41. The molecule has 1 saturated heterocycles. The lowest BCUT2D eigenvalue weighted by molar-refractivity contribution is -0.137. The number of amides is 2. The number of nitrogens with zero attached hydrogens (tertiary/aromatic N) is 3. The average molecular weight is 389 g/mol. The van der Waals surface area contributed by atoms with Crippen molar-refractivity contribution in [3.63, 3.8) is 0 Å². The number of anilines is 1. The maximum absolute atomic E-state index is 13.8. The second-order valence-electron chi connectivity index (χ2n) is 7.58. The molecular weight excluding hydrogens is 361 g/mol. The normalized spacial score (nSPS) is 18.2. The summed E-state index contributed by atoms with van der Waals surface area (Å²) >= 11 is 0. The summed E-state index contributed by atoms with van der Waals surface area (Å²) in [6.07, 6.45) is 2.18. The van der Waals surface area contributed by atoms with Crippen molar-refractivity contribution in [2.75, 3.05) is 44.2 Å². The molecule has 28 heavy (non-hydrogen) atoms. The molecule has 0 unspecified atom stereocenters. The minimum atomic E-state index is -0.266. The van der Waals surface area contributed by atoms with E-state index in [1.165, 1.54) is 23.1 Å². The van der Waals surface area contributed by atoms with Crippen LogP contribution in [0.15, 0.2) is 29.8 Å². The highest BCUT2D eigenvalue weighted by atomic mass is 19.1. The maximum atomic E-state index is 13.8. The van der Waals surface area contributed by atoms with E-state index in [2.05, 4.69) is 9.80 Å². The van der Waals surface area contributed by atoms with Gasteiger partial charge in [0.25, 0.3) is 11.8 Å². The van der Waals surface area contributed by atoms with E-state index in [1.54, 1.807) is 13.0 Å². The molecule has 152 valence electrons. The third-order valence-corrected chi connectivity index (χ3v) is 5.04. The first-order chi connectivity index (χ1) is 13.3. The minimum Gasteiger partial charge on any atom is -0.489 e. The van der Waals surface area contributed by atoms with Crippen LogP contribution in [0.1, 0.15) is 27.2 Å². The number of rotatable bonds is 7. The van der Waals surface area contributed by atoms with Crippen LogP contribution >= 0.6 is 0 Å². The van der Waals surface area contributed by atoms with E-state index in [9.17, 15) is 14.0 Å². The molecule has 0 radical (unpaired) electrons. The molecule has 0 saturated carbocycles. The molecule has 0 atom stereocenters. The van der Waals surface area contributed by atoms with Crippen molar-refractivity contribution in [2.24, 2.45) is 0 Å². The summed E-state index contributed by atoms with van der Waals surface area (Å²) < 4.78 is 19.6. The zero-order valence-electron chi connectivity index (χ0n) is 16.8. The van der Waals surface area contributed by atoms with Gasteiger partial charge < -0.3 is 9.64 Å². The highest BCUT2D eigenvalue weighted by Crippen LogP contribution is 2.31. The quantitative estimate of drug-likeness (QED) is 0.671. The molecule has 0 aliphatic carbocycles. The Kier molecular flexibility index (Phi) is 6.34. The van der Waals surface area contributed by atoms with E-state index in [1.807, 2.05) is 13.8 Å². The predicted molar refractivity (Wildman–Crippen MR) is 106 cm³/mol. The van der Waals surface area contributed by atoms with Crippen LogP contribution in [0.4, 0.5) is 10.1 Å². The fraction of sp³-hybridized carbons (Fsp3) is 0.524. The van der Waals surface area contributed by atoms with Crippen molar-refractivity contribution in [1.29, 1.82) is 0 Å². The van der Waals surface area contributed by atoms with Gasteiger partial charge in [-0.2, -0.15) is 0 Å². The Balaban J connectivity index is 1.49. The number of carbonyl (C=O) groups is 2. The average Bonchev–Trinajstić information content (AvgIpc) is 2.89. The summed E-state index contributed by atoms with van der Waals surface area (Å²) in [7, 11) is 0. The number of hydrogen-bond acceptors (Lipinski definition) is 5. The van der Waals surface area contributed by atoms with Crippen molar-refractivity contribution in [3.8, 4) is 5.75 Å². The predicted octanol–water partition coefficient (Wildman–Crippen LogP) is 2.44. The Labute approximate surface area is 165 Å². The van der Waals surface area contributed by atoms with Gasteiger partial charge in [-0.05, 0) is 45.9 Å². The van der Waals surface area contributed by atoms with Gasteiger partial charge in [-0.1, -0.05) is 0 Å². The molecule has 0 aromatic heterocycles. The van der Waals surface area contributed by atoms with Gasteiger partial charge in [-0.25, -0.2) is 4.39 Å². The molecule has 3 rings (SSSR count). The number of carbonyl (C=O) groups excluding carboxylic acids is 2. The monoisotopic (exact) mass is 389 g/mol. The summed E-state index contributed by atoms with van der Waals surface area (Å²) in [5, 5.41) is 0. The fourth-order valence-electron chi connectivity index (χ4n) is 3.61. The van der Waals surface area contributed by atoms with Crippen molar-refractivity contribution < 1.29 is 18.7 Å². The van der Waals surface area contributed by atoms with E-state index in [0.29, 0.717) is 17.9 Å². The van der Waals surface area contributed by atoms with Crippen LogP contribution < -0.4 is 9.64 Å². The lowest BCUT2D eigenvalue weighted by atomic mass is 10.2. The number of piperazine rings is 1. The SMILES string of the molecule is CC1=CC(=O)N(CCCN2CCN(c3cc(F)ccc3OC(C)C)CC2)C1=O. The first kappa shape index (κ1) is 20.3. The number of benzene rings is 1. The zero-order valence-corrected chi connectivity index (χ0v) is 16.8. The van der Waals surface area contributed by atoms with Gasteiger partial charge in [0.2, 0.25) is 0 Å². The third kappa shape index (κ3) is 4.70. The van der Waals surface area contributed by atoms with Gasteiger partial charge in [-0.3, -0.25) is 19.4 Å². The Morgan fingerprint density at radius 3 is 2.43 bits per heavy atom. The molecule has 7 heteroatoms. The summed E-state index contributed by atoms with van der Waals surface area (Å²) in [5.41, 5.74) is 1.30. The molecular formula is C21H28FN3O3. The van der Waals surface area contributed by atoms with Crippen molar-refractivity contribution >= 4 is 17.5 Å². The second kappa shape index (κ2) is 8.73. The molecule has 1 aromatic rings. The Morgan fingerprint density at radius 1 is 1.11 bits per heavy atom. The molecule has 0 spiro atoms. The van der Waals surface area contributed by atoms with Crippen molar-refractivity contribution in [1.82, 2.24) is 9.80 Å². The van der Waals surface area contributed by atoms with Crippen LogP contribution in [0.5, 0.6) is 5.75 Å². The maximum Gasteiger partial charge on any atom is 0.256 e. The lowest BCUT2D eigenvalue weighted by Gasteiger charge is -2.37.